The number of nitrogens with one attached hydrogen (secondary N) is 2. The van der Waals surface area contributed by atoms with Crippen LogP contribution in [0.2, 0.25) is 0 Å². The number of phenolic OH excluding ortho intramolecular Hbond substituents is 1. The summed E-state index contributed by atoms with van der Waals surface area (Å²) in [6.45, 7) is 7.05. The minimum absolute atomic E-state index is 0.320. The molecule has 5 heteroatoms. The monoisotopic (exact) mass is 394 g/mol. The molecular formula is C24H34N4O. The number of rotatable bonds is 8. The van der Waals surface area contributed by atoms with Crippen LogP contribution in [0, 0.1) is 0 Å². The molecule has 29 heavy (non-hydrogen) atoms. The number of benzene rings is 2. The van der Waals surface area contributed by atoms with Gasteiger partial charge in [-0.1, -0.05) is 42.5 Å². The fraction of sp³-hybridized carbons (Fsp3) is 0.458. The molecule has 0 amide bonds. The van der Waals surface area contributed by atoms with Crippen molar-refractivity contribution in [1.82, 2.24) is 15.5 Å². The number of hydrogen-bond donors (Lipinski definition) is 3. The Morgan fingerprint density at radius 2 is 1.76 bits per heavy atom. The number of aliphatic imine (C=N–C) groups is 1. The maximum absolute atomic E-state index is 9.36. The van der Waals surface area contributed by atoms with Crippen LogP contribution < -0.4 is 10.6 Å². The van der Waals surface area contributed by atoms with Crippen molar-refractivity contribution in [3.8, 4) is 5.75 Å². The van der Waals surface area contributed by atoms with Crippen LogP contribution in [-0.4, -0.2) is 48.2 Å². The van der Waals surface area contributed by atoms with Gasteiger partial charge in [0, 0.05) is 38.8 Å². The molecule has 0 atom stereocenters. The number of guanidine groups is 1. The minimum atomic E-state index is 0.320. The van der Waals surface area contributed by atoms with Crippen molar-refractivity contribution < 1.29 is 5.11 Å². The van der Waals surface area contributed by atoms with E-state index in [2.05, 4.69) is 52.8 Å². The average Bonchev–Trinajstić information content (AvgIpc) is 2.75. The van der Waals surface area contributed by atoms with Gasteiger partial charge in [0.25, 0.3) is 0 Å². The number of hydrogen-bond acceptors (Lipinski definition) is 3. The van der Waals surface area contributed by atoms with E-state index < -0.39 is 0 Å². The van der Waals surface area contributed by atoms with Crippen molar-refractivity contribution >= 4 is 5.96 Å². The lowest BCUT2D eigenvalue weighted by molar-refractivity contribution is 0.198. The summed E-state index contributed by atoms with van der Waals surface area (Å²) >= 11 is 0. The van der Waals surface area contributed by atoms with Gasteiger partial charge in [0.15, 0.2) is 5.96 Å². The van der Waals surface area contributed by atoms with E-state index in [1.165, 1.54) is 11.1 Å². The van der Waals surface area contributed by atoms with Gasteiger partial charge in [-0.25, -0.2) is 0 Å². The molecule has 1 heterocycles. The molecule has 0 aromatic heterocycles. The first-order valence-electron chi connectivity index (χ1n) is 10.8. The third-order valence-electron chi connectivity index (χ3n) is 5.35. The van der Waals surface area contributed by atoms with Crippen molar-refractivity contribution in [2.24, 2.45) is 4.99 Å². The summed E-state index contributed by atoms with van der Waals surface area (Å²) in [5, 5.41) is 16.4. The third kappa shape index (κ3) is 7.42. The zero-order valence-electron chi connectivity index (χ0n) is 17.5. The quantitative estimate of drug-likeness (QED) is 0.364. The summed E-state index contributed by atoms with van der Waals surface area (Å²) in [6.07, 6.45) is 4.26. The van der Waals surface area contributed by atoms with Crippen LogP contribution >= 0.6 is 0 Å². The second kappa shape index (κ2) is 11.5. The highest BCUT2D eigenvalue weighted by Crippen LogP contribution is 2.14. The average molecular weight is 395 g/mol. The molecule has 1 fully saturated rings. The Balaban J connectivity index is 1.40. The molecular weight excluding hydrogens is 360 g/mol. The highest BCUT2D eigenvalue weighted by atomic mass is 16.3. The molecule has 0 radical (unpaired) electrons. The van der Waals surface area contributed by atoms with Gasteiger partial charge in [0.05, 0.1) is 0 Å². The van der Waals surface area contributed by atoms with Gasteiger partial charge >= 0.3 is 0 Å². The molecule has 3 N–H and O–H groups in total. The van der Waals surface area contributed by atoms with E-state index in [1.807, 2.05) is 12.1 Å². The van der Waals surface area contributed by atoms with Gasteiger partial charge in [-0.15, -0.1) is 0 Å². The van der Waals surface area contributed by atoms with E-state index in [9.17, 15) is 5.11 Å². The van der Waals surface area contributed by atoms with E-state index >= 15 is 0 Å². The van der Waals surface area contributed by atoms with Crippen LogP contribution in [-0.2, 0) is 13.0 Å². The van der Waals surface area contributed by atoms with Crippen molar-refractivity contribution in [1.29, 1.82) is 0 Å². The van der Waals surface area contributed by atoms with Gasteiger partial charge in [-0.2, -0.15) is 0 Å². The summed E-state index contributed by atoms with van der Waals surface area (Å²) in [7, 11) is 0. The SMILES string of the molecule is CCNC(=NCCCc1ccc(O)cc1)NC1CCN(Cc2ccccc2)CC1. The zero-order valence-corrected chi connectivity index (χ0v) is 17.5. The van der Waals surface area contributed by atoms with Crippen LogP contribution in [0.5, 0.6) is 5.75 Å². The standard InChI is InChI=1S/C24H34N4O/c1-2-25-24(26-16-6-9-20-10-12-23(29)13-11-20)27-22-14-17-28(18-15-22)19-21-7-4-3-5-8-21/h3-5,7-8,10-13,22,29H,2,6,9,14-19H2,1H3,(H2,25,26,27). The largest absolute Gasteiger partial charge is 0.508 e. The lowest BCUT2D eigenvalue weighted by Crippen LogP contribution is -2.48. The number of phenols is 1. The molecule has 0 bridgehead atoms. The Bertz CT molecular complexity index is 737. The van der Waals surface area contributed by atoms with Crippen molar-refractivity contribution in [3.05, 3.63) is 65.7 Å². The Hall–Kier alpha value is -2.53. The predicted molar refractivity (Wildman–Crippen MR) is 120 cm³/mol. The zero-order chi connectivity index (χ0) is 20.3. The summed E-state index contributed by atoms with van der Waals surface area (Å²) in [4.78, 5) is 7.30. The van der Waals surface area contributed by atoms with E-state index in [0.29, 0.717) is 11.8 Å². The van der Waals surface area contributed by atoms with Gasteiger partial charge in [0.2, 0.25) is 0 Å². The van der Waals surface area contributed by atoms with Gasteiger partial charge in [0.1, 0.15) is 5.75 Å². The highest BCUT2D eigenvalue weighted by Gasteiger charge is 2.19. The smallest absolute Gasteiger partial charge is 0.191 e. The predicted octanol–water partition coefficient (Wildman–Crippen LogP) is 3.54. The van der Waals surface area contributed by atoms with Gasteiger partial charge in [-0.3, -0.25) is 9.89 Å². The van der Waals surface area contributed by atoms with E-state index in [1.54, 1.807) is 12.1 Å². The summed E-state index contributed by atoms with van der Waals surface area (Å²) < 4.78 is 0. The first-order valence-corrected chi connectivity index (χ1v) is 10.8. The second-order valence-electron chi connectivity index (χ2n) is 7.71. The number of likely N-dealkylation sites (tertiary alicyclic amines) is 1. The maximum Gasteiger partial charge on any atom is 0.191 e. The Morgan fingerprint density at radius 3 is 2.45 bits per heavy atom. The Labute approximate surface area is 174 Å². The Morgan fingerprint density at radius 1 is 1.03 bits per heavy atom. The van der Waals surface area contributed by atoms with Crippen molar-refractivity contribution in [2.75, 3.05) is 26.2 Å². The topological polar surface area (TPSA) is 59.9 Å². The summed E-state index contributed by atoms with van der Waals surface area (Å²) in [6, 6.07) is 18.6. The molecule has 1 aliphatic rings. The fourth-order valence-corrected chi connectivity index (χ4v) is 3.73. The first kappa shape index (κ1) is 21.2. The summed E-state index contributed by atoms with van der Waals surface area (Å²) in [5.74, 6) is 1.25. The molecule has 1 aliphatic heterocycles. The van der Waals surface area contributed by atoms with Gasteiger partial charge in [-0.05, 0) is 55.9 Å². The van der Waals surface area contributed by atoms with Crippen LogP contribution in [0.1, 0.15) is 37.3 Å². The molecule has 2 aromatic rings. The van der Waals surface area contributed by atoms with E-state index in [-0.39, 0.29) is 0 Å². The maximum atomic E-state index is 9.36. The number of piperidine rings is 1. The molecule has 0 saturated carbocycles. The molecule has 5 nitrogen and oxygen atoms in total. The van der Waals surface area contributed by atoms with Crippen LogP contribution in [0.3, 0.4) is 0 Å². The molecule has 156 valence electrons. The number of aryl methyl sites for hydroxylation is 1. The van der Waals surface area contributed by atoms with Crippen LogP contribution in [0.25, 0.3) is 0 Å². The van der Waals surface area contributed by atoms with Crippen molar-refractivity contribution in [2.45, 2.75) is 45.2 Å². The van der Waals surface area contributed by atoms with Crippen LogP contribution in [0.4, 0.5) is 0 Å². The molecule has 1 saturated heterocycles. The summed E-state index contributed by atoms with van der Waals surface area (Å²) in [5.41, 5.74) is 2.63. The van der Waals surface area contributed by atoms with Gasteiger partial charge < -0.3 is 15.7 Å². The number of nitrogens with zero attached hydrogens (tertiary/aromatic N) is 2. The first-order chi connectivity index (χ1) is 14.2. The third-order valence-corrected chi connectivity index (χ3v) is 5.35. The van der Waals surface area contributed by atoms with Crippen molar-refractivity contribution in [3.63, 3.8) is 0 Å². The number of aromatic hydroxyl groups is 1. The van der Waals surface area contributed by atoms with Crippen LogP contribution in [0.15, 0.2) is 59.6 Å². The Kier molecular flexibility index (Phi) is 8.38. The highest BCUT2D eigenvalue weighted by molar-refractivity contribution is 5.80. The molecule has 3 rings (SSSR count). The normalized spacial score (nSPS) is 16.0. The minimum Gasteiger partial charge on any atom is -0.508 e. The lowest BCUT2D eigenvalue weighted by atomic mass is 10.0. The van der Waals surface area contributed by atoms with E-state index in [4.69, 9.17) is 4.99 Å². The second-order valence-corrected chi connectivity index (χ2v) is 7.71. The molecule has 2 aromatic carbocycles. The lowest BCUT2D eigenvalue weighted by Gasteiger charge is -2.33. The molecule has 0 spiro atoms. The molecule has 0 unspecified atom stereocenters. The molecule has 0 aliphatic carbocycles. The fourth-order valence-electron chi connectivity index (χ4n) is 3.73. The van der Waals surface area contributed by atoms with E-state index in [0.717, 1.165) is 64.4 Å².